The van der Waals surface area contributed by atoms with Gasteiger partial charge in [0.25, 0.3) is 0 Å². The van der Waals surface area contributed by atoms with Crippen LogP contribution < -0.4 is 0 Å². The number of thiophene rings is 1. The monoisotopic (exact) mass is 693 g/mol. The third-order valence-corrected chi connectivity index (χ3v) is 11.1. The zero-order chi connectivity index (χ0) is 35.1. The summed E-state index contributed by atoms with van der Waals surface area (Å²) >= 11 is 1.84. The van der Waals surface area contributed by atoms with Gasteiger partial charge in [0.2, 0.25) is 0 Å². The predicted molar refractivity (Wildman–Crippen MR) is 223 cm³/mol. The van der Waals surface area contributed by atoms with Gasteiger partial charge in [0.15, 0.2) is 5.82 Å². The third kappa shape index (κ3) is 5.76. The van der Waals surface area contributed by atoms with Crippen molar-refractivity contribution in [3.05, 3.63) is 188 Å². The number of rotatable bonds is 6. The summed E-state index contributed by atoms with van der Waals surface area (Å²) in [6.45, 7) is 0. The quantitative estimate of drug-likeness (QED) is 0.174. The van der Waals surface area contributed by atoms with Gasteiger partial charge < -0.3 is 0 Å². The molecule has 0 atom stereocenters. The van der Waals surface area contributed by atoms with Crippen LogP contribution in [-0.4, -0.2) is 15.0 Å². The maximum absolute atomic E-state index is 5.40. The van der Waals surface area contributed by atoms with Crippen LogP contribution in [0.5, 0.6) is 0 Å². The number of benzene rings is 7. The highest BCUT2D eigenvalue weighted by molar-refractivity contribution is 7.26. The second-order valence-corrected chi connectivity index (χ2v) is 14.3. The minimum absolute atomic E-state index is 0.700. The molecule has 0 N–H and O–H groups in total. The van der Waals surface area contributed by atoms with E-state index in [9.17, 15) is 0 Å². The lowest BCUT2D eigenvalue weighted by atomic mass is 9.98. The molecule has 4 heteroatoms. The molecule has 248 valence electrons. The van der Waals surface area contributed by atoms with Gasteiger partial charge in [0.05, 0.1) is 22.6 Å². The first-order chi connectivity index (χ1) is 26.2. The van der Waals surface area contributed by atoms with Crippen molar-refractivity contribution >= 4 is 42.4 Å². The largest absolute Gasteiger partial charge is 0.247 e. The first-order valence-electron chi connectivity index (χ1n) is 17.8. The molecule has 3 aromatic heterocycles. The molecule has 0 aliphatic carbocycles. The first kappa shape index (κ1) is 31.0. The van der Waals surface area contributed by atoms with Crippen molar-refractivity contribution in [2.75, 3.05) is 0 Å². The standard InChI is InChI=1S/C49H31N3S/c1-4-12-32(13-5-1)34-20-22-35(23-21-34)42-31-43(52-49(51-42)38-16-8-3-9-17-38)36-24-26-37(27-25-36)47-46-41-18-10-11-19-45(41)53-48(46)40-29-28-39(30-44(40)50-47)33-14-6-2-7-15-33/h1-31H. The van der Waals surface area contributed by atoms with Crippen molar-refractivity contribution in [1.82, 2.24) is 15.0 Å². The molecule has 0 aliphatic heterocycles. The van der Waals surface area contributed by atoms with Gasteiger partial charge in [-0.3, -0.25) is 0 Å². The van der Waals surface area contributed by atoms with Gasteiger partial charge in [0, 0.05) is 47.8 Å². The molecule has 3 nitrogen and oxygen atoms in total. The normalized spacial score (nSPS) is 11.4. The smallest absolute Gasteiger partial charge is 0.160 e. The van der Waals surface area contributed by atoms with Crippen molar-refractivity contribution in [1.29, 1.82) is 0 Å². The topological polar surface area (TPSA) is 38.7 Å². The molecule has 0 saturated heterocycles. The summed E-state index contributed by atoms with van der Waals surface area (Å²) in [5.41, 5.74) is 12.6. The van der Waals surface area contributed by atoms with Gasteiger partial charge in [-0.1, -0.05) is 170 Å². The van der Waals surface area contributed by atoms with Crippen LogP contribution in [0.25, 0.3) is 98.5 Å². The molecule has 0 spiro atoms. The lowest BCUT2D eigenvalue weighted by Gasteiger charge is -2.12. The Morgan fingerprint density at radius 3 is 1.47 bits per heavy atom. The minimum atomic E-state index is 0.700. The Morgan fingerprint density at radius 2 is 0.830 bits per heavy atom. The maximum atomic E-state index is 5.40. The van der Waals surface area contributed by atoms with E-state index >= 15 is 0 Å². The van der Waals surface area contributed by atoms with Crippen molar-refractivity contribution < 1.29 is 0 Å². The summed E-state index contributed by atoms with van der Waals surface area (Å²) in [4.78, 5) is 15.6. The maximum Gasteiger partial charge on any atom is 0.160 e. The molecular formula is C49H31N3S. The summed E-state index contributed by atoms with van der Waals surface area (Å²) in [7, 11) is 0. The number of nitrogens with zero attached hydrogens (tertiary/aromatic N) is 3. The van der Waals surface area contributed by atoms with E-state index in [1.54, 1.807) is 0 Å². The van der Waals surface area contributed by atoms with Crippen molar-refractivity contribution in [3.63, 3.8) is 0 Å². The molecule has 0 amide bonds. The number of aromatic nitrogens is 3. The van der Waals surface area contributed by atoms with Gasteiger partial charge >= 0.3 is 0 Å². The SMILES string of the molecule is c1ccc(-c2ccc(-c3cc(-c4ccc(-c5nc6cc(-c7ccccc7)ccc6c6sc7ccccc7c56)cc4)nc(-c4ccccc4)n3)cc2)cc1. The van der Waals surface area contributed by atoms with E-state index in [1.807, 2.05) is 35.6 Å². The zero-order valence-electron chi connectivity index (χ0n) is 28.6. The summed E-state index contributed by atoms with van der Waals surface area (Å²) in [6, 6.07) is 66.0. The summed E-state index contributed by atoms with van der Waals surface area (Å²) in [6.07, 6.45) is 0. The minimum Gasteiger partial charge on any atom is -0.247 e. The third-order valence-electron chi connectivity index (χ3n) is 9.91. The molecule has 10 aromatic rings. The average Bonchev–Trinajstić information content (AvgIpc) is 3.64. The predicted octanol–water partition coefficient (Wildman–Crippen LogP) is 13.4. The van der Waals surface area contributed by atoms with Crippen LogP contribution in [0.4, 0.5) is 0 Å². The van der Waals surface area contributed by atoms with E-state index in [2.05, 4.69) is 164 Å². The van der Waals surface area contributed by atoms with Gasteiger partial charge in [-0.25, -0.2) is 15.0 Å². The fourth-order valence-corrected chi connectivity index (χ4v) is 8.44. The lowest BCUT2D eigenvalue weighted by Crippen LogP contribution is -1.96. The van der Waals surface area contributed by atoms with Crippen LogP contribution in [0.3, 0.4) is 0 Å². The number of hydrogen-bond donors (Lipinski definition) is 0. The Labute approximate surface area is 311 Å². The Bertz CT molecular complexity index is 2900. The molecule has 7 aromatic carbocycles. The molecule has 0 radical (unpaired) electrons. The Kier molecular flexibility index (Phi) is 7.67. The number of fused-ring (bicyclic) bond motifs is 5. The molecule has 0 unspecified atom stereocenters. The lowest BCUT2D eigenvalue weighted by molar-refractivity contribution is 1.18. The molecule has 53 heavy (non-hydrogen) atoms. The Hall–Kier alpha value is -6.75. The van der Waals surface area contributed by atoms with Crippen LogP contribution in [0, 0.1) is 0 Å². The fraction of sp³-hybridized carbons (Fsp3) is 0. The molecule has 0 saturated carbocycles. The van der Waals surface area contributed by atoms with Crippen molar-refractivity contribution in [2.24, 2.45) is 0 Å². The van der Waals surface area contributed by atoms with Crippen LogP contribution in [0.2, 0.25) is 0 Å². The van der Waals surface area contributed by atoms with Crippen LogP contribution in [0.15, 0.2) is 188 Å². The van der Waals surface area contributed by atoms with Crippen LogP contribution in [-0.2, 0) is 0 Å². The van der Waals surface area contributed by atoms with Gasteiger partial charge in [0.1, 0.15) is 0 Å². The second kappa shape index (κ2) is 13.1. The summed E-state index contributed by atoms with van der Waals surface area (Å²) in [5.74, 6) is 0.700. The highest BCUT2D eigenvalue weighted by Crippen LogP contribution is 2.43. The number of pyridine rings is 1. The molecule has 3 heterocycles. The highest BCUT2D eigenvalue weighted by atomic mass is 32.1. The zero-order valence-corrected chi connectivity index (χ0v) is 29.5. The first-order valence-corrected chi connectivity index (χ1v) is 18.6. The molecular weight excluding hydrogens is 663 g/mol. The van der Waals surface area contributed by atoms with E-state index in [1.165, 1.54) is 42.2 Å². The van der Waals surface area contributed by atoms with E-state index in [0.717, 1.165) is 50.4 Å². The second-order valence-electron chi connectivity index (χ2n) is 13.2. The average molecular weight is 694 g/mol. The van der Waals surface area contributed by atoms with Gasteiger partial charge in [-0.05, 0) is 40.5 Å². The highest BCUT2D eigenvalue weighted by Gasteiger charge is 2.18. The van der Waals surface area contributed by atoms with E-state index < -0.39 is 0 Å². The molecule has 0 bridgehead atoms. The van der Waals surface area contributed by atoms with E-state index in [0.29, 0.717) is 5.82 Å². The Morgan fingerprint density at radius 1 is 0.340 bits per heavy atom. The van der Waals surface area contributed by atoms with Crippen LogP contribution in [0.1, 0.15) is 0 Å². The molecule has 10 rings (SSSR count). The summed E-state index contributed by atoms with van der Waals surface area (Å²) in [5, 5.41) is 3.62. The molecule has 0 fully saturated rings. The van der Waals surface area contributed by atoms with Crippen LogP contribution >= 0.6 is 11.3 Å². The van der Waals surface area contributed by atoms with Crippen molar-refractivity contribution in [2.45, 2.75) is 0 Å². The molecule has 0 aliphatic rings. The fourth-order valence-electron chi connectivity index (χ4n) is 7.20. The number of hydrogen-bond acceptors (Lipinski definition) is 4. The summed E-state index contributed by atoms with van der Waals surface area (Å²) < 4.78 is 2.53. The van der Waals surface area contributed by atoms with E-state index in [-0.39, 0.29) is 0 Å². The van der Waals surface area contributed by atoms with Crippen molar-refractivity contribution in [3.8, 4) is 67.4 Å². The van der Waals surface area contributed by atoms with Gasteiger partial charge in [-0.15, -0.1) is 11.3 Å². The van der Waals surface area contributed by atoms with E-state index in [4.69, 9.17) is 15.0 Å². The Balaban J connectivity index is 1.09. The van der Waals surface area contributed by atoms with Gasteiger partial charge in [-0.2, -0.15) is 0 Å².